The monoisotopic (exact) mass is 395 g/mol. The van der Waals surface area contributed by atoms with Crippen molar-refractivity contribution in [2.24, 2.45) is 21.1 Å². The van der Waals surface area contributed by atoms with Gasteiger partial charge in [-0.1, -0.05) is 48.6 Å². The number of allylic oxidation sites excluding steroid dienone is 9. The highest BCUT2D eigenvalue weighted by atomic mass is 16.6. The molecule has 0 aromatic heterocycles. The van der Waals surface area contributed by atoms with Crippen LogP contribution in [0.15, 0.2) is 135 Å². The van der Waals surface area contributed by atoms with Crippen LogP contribution in [0, 0.1) is 5.92 Å². The molecule has 0 fully saturated rings. The van der Waals surface area contributed by atoms with Gasteiger partial charge in [-0.25, -0.2) is 0 Å². The first-order valence-corrected chi connectivity index (χ1v) is 9.69. The number of nitrogens with zero attached hydrogens (tertiary/aromatic N) is 3. The summed E-state index contributed by atoms with van der Waals surface area (Å²) in [5.74, 6) is 0.221. The number of azo groups is 1. The summed E-state index contributed by atoms with van der Waals surface area (Å²) in [5.41, 5.74) is 3.57. The average Bonchev–Trinajstić information content (AvgIpc) is 3.32. The van der Waals surface area contributed by atoms with E-state index in [1.165, 1.54) is 0 Å². The zero-order chi connectivity index (χ0) is 20.8. The van der Waals surface area contributed by atoms with Crippen molar-refractivity contribution in [1.82, 2.24) is 0 Å². The molecule has 4 rings (SSSR count). The Bertz CT molecular complexity index is 1110. The smallest absolute Gasteiger partial charge is 0.289 e. The molecule has 2 aliphatic carbocycles. The minimum Gasteiger partial charge on any atom is -0.480 e. The molecule has 1 unspecified atom stereocenters. The van der Waals surface area contributed by atoms with Crippen molar-refractivity contribution >= 4 is 17.1 Å². The van der Waals surface area contributed by atoms with Crippen molar-refractivity contribution < 1.29 is 9.84 Å². The summed E-state index contributed by atoms with van der Waals surface area (Å²) >= 11 is 0. The Kier molecular flexibility index (Phi) is 5.80. The van der Waals surface area contributed by atoms with Crippen LogP contribution in [0.3, 0.4) is 0 Å². The van der Waals surface area contributed by atoms with Gasteiger partial charge in [0.05, 0.1) is 28.6 Å². The maximum absolute atomic E-state index is 10.3. The van der Waals surface area contributed by atoms with Gasteiger partial charge < -0.3 is 9.84 Å². The summed E-state index contributed by atoms with van der Waals surface area (Å²) in [6.07, 6.45) is 10.9. The van der Waals surface area contributed by atoms with Crippen LogP contribution in [-0.4, -0.2) is 10.8 Å². The second kappa shape index (κ2) is 9.01. The van der Waals surface area contributed by atoms with Crippen molar-refractivity contribution in [2.45, 2.75) is 6.92 Å². The van der Waals surface area contributed by atoms with Gasteiger partial charge in [-0.2, -0.15) is 5.11 Å². The molecule has 2 aliphatic rings. The number of benzene rings is 2. The zero-order valence-electron chi connectivity index (χ0n) is 16.5. The molecule has 2 aromatic carbocycles. The molecular formula is C25H21N3O2. The SMILES string of the molecule is CC1C(OC(O)=C2C=CC=C2)=CC=C(N=Nc2ccccc2)C1=Nc1ccccc1. The number of para-hydroxylation sites is 1. The fraction of sp³-hybridized carbons (Fsp3) is 0.0800. The number of aliphatic hydroxyl groups excluding tert-OH is 1. The Morgan fingerprint density at radius 3 is 2.13 bits per heavy atom. The molecule has 1 atom stereocenters. The van der Waals surface area contributed by atoms with Crippen LogP contribution in [-0.2, 0) is 4.74 Å². The second-order valence-corrected chi connectivity index (χ2v) is 6.79. The number of hydrogen-bond donors (Lipinski definition) is 1. The van der Waals surface area contributed by atoms with E-state index in [4.69, 9.17) is 9.73 Å². The molecule has 0 aliphatic heterocycles. The van der Waals surface area contributed by atoms with E-state index in [0.29, 0.717) is 22.7 Å². The summed E-state index contributed by atoms with van der Waals surface area (Å²) in [5, 5.41) is 19.1. The van der Waals surface area contributed by atoms with Crippen LogP contribution in [0.5, 0.6) is 0 Å². The van der Waals surface area contributed by atoms with Crippen molar-refractivity contribution in [3.8, 4) is 0 Å². The lowest BCUT2D eigenvalue weighted by atomic mass is 9.95. The minimum absolute atomic E-state index is 0.139. The quantitative estimate of drug-likeness (QED) is 0.443. The molecule has 0 bridgehead atoms. The Labute approximate surface area is 175 Å². The number of rotatable bonds is 5. The van der Waals surface area contributed by atoms with E-state index in [0.717, 1.165) is 11.4 Å². The van der Waals surface area contributed by atoms with Crippen molar-refractivity contribution in [2.75, 3.05) is 0 Å². The lowest BCUT2D eigenvalue weighted by Gasteiger charge is -2.22. The summed E-state index contributed by atoms with van der Waals surface area (Å²) in [6, 6.07) is 19.2. The summed E-state index contributed by atoms with van der Waals surface area (Å²) in [7, 11) is 0. The lowest BCUT2D eigenvalue weighted by molar-refractivity contribution is 0.133. The average molecular weight is 395 g/mol. The van der Waals surface area contributed by atoms with Gasteiger partial charge >= 0.3 is 0 Å². The van der Waals surface area contributed by atoms with Crippen LogP contribution >= 0.6 is 0 Å². The standard InChI is InChI=1S/C25H21N3O2/c1-18-23(30-25(29)19-10-8-9-11-19)17-16-22(28-27-21-14-6-3-7-15-21)24(18)26-20-12-4-2-5-13-20/h2-18,29H,1H3. The second-order valence-electron chi connectivity index (χ2n) is 6.79. The van der Waals surface area contributed by atoms with Crippen LogP contribution < -0.4 is 0 Å². The molecule has 30 heavy (non-hydrogen) atoms. The summed E-state index contributed by atoms with van der Waals surface area (Å²) in [6.45, 7) is 1.97. The highest BCUT2D eigenvalue weighted by molar-refractivity contribution is 6.05. The Morgan fingerprint density at radius 2 is 1.47 bits per heavy atom. The zero-order valence-corrected chi connectivity index (χ0v) is 16.5. The molecule has 0 spiro atoms. The maximum Gasteiger partial charge on any atom is 0.289 e. The number of aliphatic imine (C=N–C) groups is 1. The van der Waals surface area contributed by atoms with Gasteiger partial charge in [0.1, 0.15) is 11.5 Å². The predicted molar refractivity (Wildman–Crippen MR) is 119 cm³/mol. The van der Waals surface area contributed by atoms with Crippen molar-refractivity contribution in [3.63, 3.8) is 0 Å². The molecule has 0 saturated heterocycles. The van der Waals surface area contributed by atoms with E-state index < -0.39 is 0 Å². The van der Waals surface area contributed by atoms with Gasteiger partial charge in [0.2, 0.25) is 0 Å². The maximum atomic E-state index is 10.3. The molecule has 1 N–H and O–H groups in total. The molecule has 148 valence electrons. The van der Waals surface area contributed by atoms with E-state index in [-0.39, 0.29) is 11.9 Å². The molecule has 0 saturated carbocycles. The van der Waals surface area contributed by atoms with Gasteiger partial charge in [0.25, 0.3) is 5.95 Å². The minimum atomic E-state index is -0.225. The highest BCUT2D eigenvalue weighted by Gasteiger charge is 2.26. The molecule has 5 heteroatoms. The van der Waals surface area contributed by atoms with Gasteiger partial charge in [0, 0.05) is 0 Å². The Hall–Kier alpha value is -3.99. The fourth-order valence-electron chi connectivity index (χ4n) is 3.04. The van der Waals surface area contributed by atoms with Crippen LogP contribution in [0.4, 0.5) is 11.4 Å². The first kappa shape index (κ1) is 19.3. The Morgan fingerprint density at radius 1 is 0.833 bits per heavy atom. The van der Waals surface area contributed by atoms with E-state index in [2.05, 4.69) is 10.2 Å². The van der Waals surface area contributed by atoms with Crippen LogP contribution in [0.25, 0.3) is 0 Å². The summed E-state index contributed by atoms with van der Waals surface area (Å²) < 4.78 is 5.76. The summed E-state index contributed by atoms with van der Waals surface area (Å²) in [4.78, 5) is 4.80. The van der Waals surface area contributed by atoms with E-state index in [1.54, 1.807) is 18.2 Å². The number of ether oxygens (including phenoxy) is 1. The largest absolute Gasteiger partial charge is 0.480 e. The first-order valence-electron chi connectivity index (χ1n) is 9.69. The number of hydrogen-bond acceptors (Lipinski definition) is 5. The van der Waals surface area contributed by atoms with Gasteiger partial charge in [-0.3, -0.25) is 4.99 Å². The normalized spacial score (nSPS) is 19.3. The molecular weight excluding hydrogens is 374 g/mol. The van der Waals surface area contributed by atoms with Gasteiger partial charge in [0.15, 0.2) is 0 Å². The third kappa shape index (κ3) is 4.52. The lowest BCUT2D eigenvalue weighted by Crippen LogP contribution is -2.20. The van der Waals surface area contributed by atoms with Gasteiger partial charge in [-0.15, -0.1) is 5.11 Å². The third-order valence-electron chi connectivity index (χ3n) is 4.66. The van der Waals surface area contributed by atoms with E-state index in [9.17, 15) is 5.11 Å². The van der Waals surface area contributed by atoms with E-state index in [1.807, 2.05) is 85.8 Å². The topological polar surface area (TPSA) is 66.5 Å². The fourth-order valence-corrected chi connectivity index (χ4v) is 3.04. The van der Waals surface area contributed by atoms with Gasteiger partial charge in [-0.05, 0) is 55.5 Å². The van der Waals surface area contributed by atoms with Crippen molar-refractivity contribution in [3.05, 3.63) is 120 Å². The Balaban J connectivity index is 1.68. The third-order valence-corrected chi connectivity index (χ3v) is 4.66. The molecule has 2 aromatic rings. The van der Waals surface area contributed by atoms with Crippen LogP contribution in [0.2, 0.25) is 0 Å². The van der Waals surface area contributed by atoms with Crippen LogP contribution in [0.1, 0.15) is 6.92 Å². The molecule has 5 nitrogen and oxygen atoms in total. The number of aliphatic hydroxyl groups is 1. The molecule has 0 heterocycles. The first-order chi connectivity index (χ1) is 14.7. The molecule has 0 radical (unpaired) electrons. The van der Waals surface area contributed by atoms with E-state index >= 15 is 0 Å². The predicted octanol–water partition coefficient (Wildman–Crippen LogP) is 6.87. The van der Waals surface area contributed by atoms with Crippen molar-refractivity contribution in [1.29, 1.82) is 0 Å². The highest BCUT2D eigenvalue weighted by Crippen LogP contribution is 2.30. The molecule has 0 amide bonds.